The van der Waals surface area contributed by atoms with Gasteiger partial charge in [-0.05, 0) is 27.2 Å². The van der Waals surface area contributed by atoms with E-state index >= 15 is 0 Å². The molecule has 1 N–H and O–H groups in total. The van der Waals surface area contributed by atoms with E-state index in [0.717, 1.165) is 35.9 Å². The zero-order valence-corrected chi connectivity index (χ0v) is 12.7. The first kappa shape index (κ1) is 14.3. The molecule has 0 unspecified atom stereocenters. The number of aryl methyl sites for hydroxylation is 3. The highest BCUT2D eigenvalue weighted by Gasteiger charge is 2.13. The van der Waals surface area contributed by atoms with Gasteiger partial charge in [0.15, 0.2) is 5.75 Å². The molecule has 20 heavy (non-hydrogen) atoms. The Labute approximate surface area is 119 Å². The molecule has 0 radical (unpaired) electrons. The normalized spacial score (nSPS) is 10.7. The quantitative estimate of drug-likeness (QED) is 0.909. The van der Waals surface area contributed by atoms with Crippen LogP contribution in [0.5, 0.6) is 11.6 Å². The molecule has 2 aromatic rings. The Morgan fingerprint density at radius 3 is 2.60 bits per heavy atom. The summed E-state index contributed by atoms with van der Waals surface area (Å²) in [6.07, 6.45) is 1.04. The number of aromatic nitrogens is 4. The Balaban J connectivity index is 2.26. The van der Waals surface area contributed by atoms with Crippen molar-refractivity contribution in [1.82, 2.24) is 19.7 Å². The summed E-state index contributed by atoms with van der Waals surface area (Å²) in [4.78, 5) is 8.66. The topological polar surface area (TPSA) is 64.9 Å². The first-order valence-electron chi connectivity index (χ1n) is 6.79. The Bertz CT molecular complexity index is 606. The molecule has 2 heterocycles. The molecule has 6 nitrogen and oxygen atoms in total. The summed E-state index contributed by atoms with van der Waals surface area (Å²) in [6.45, 7) is 8.74. The van der Waals surface area contributed by atoms with E-state index in [1.807, 2.05) is 33.9 Å². The standard InChI is InChI=1S/C14H21N5O/c1-6-7-15-12-8-13(17-11(4)16-12)20-14-9(2)18-19(5)10(14)3/h8H,6-7H2,1-5H3,(H,15,16,17). The molecule has 2 aromatic heterocycles. The highest BCUT2D eigenvalue weighted by molar-refractivity contribution is 5.41. The number of hydrogen-bond acceptors (Lipinski definition) is 5. The van der Waals surface area contributed by atoms with E-state index in [1.54, 1.807) is 4.68 Å². The summed E-state index contributed by atoms with van der Waals surface area (Å²) in [5.74, 6) is 2.76. The molecule has 0 atom stereocenters. The maximum atomic E-state index is 5.89. The van der Waals surface area contributed by atoms with Crippen molar-refractivity contribution in [2.24, 2.45) is 7.05 Å². The van der Waals surface area contributed by atoms with Gasteiger partial charge in [-0.2, -0.15) is 10.1 Å². The van der Waals surface area contributed by atoms with Crippen LogP contribution in [0, 0.1) is 20.8 Å². The molecule has 0 aliphatic rings. The molecule has 108 valence electrons. The van der Waals surface area contributed by atoms with Crippen LogP contribution < -0.4 is 10.1 Å². The monoisotopic (exact) mass is 275 g/mol. The SMILES string of the molecule is CCCNc1cc(Oc2c(C)nn(C)c2C)nc(C)n1. The Kier molecular flexibility index (Phi) is 4.22. The van der Waals surface area contributed by atoms with Crippen molar-refractivity contribution in [3.8, 4) is 11.6 Å². The van der Waals surface area contributed by atoms with Gasteiger partial charge in [0.25, 0.3) is 0 Å². The molecule has 0 amide bonds. The second-order valence-electron chi connectivity index (χ2n) is 4.79. The molecule has 2 rings (SSSR count). The number of rotatable bonds is 5. The Morgan fingerprint density at radius 1 is 1.25 bits per heavy atom. The maximum Gasteiger partial charge on any atom is 0.224 e. The van der Waals surface area contributed by atoms with Crippen LogP contribution in [0.4, 0.5) is 5.82 Å². The van der Waals surface area contributed by atoms with E-state index in [1.165, 1.54) is 0 Å². The Morgan fingerprint density at radius 2 is 2.00 bits per heavy atom. The predicted molar refractivity (Wildman–Crippen MR) is 78.3 cm³/mol. The fourth-order valence-electron chi connectivity index (χ4n) is 1.94. The maximum absolute atomic E-state index is 5.89. The summed E-state index contributed by atoms with van der Waals surface area (Å²) >= 11 is 0. The van der Waals surface area contributed by atoms with Crippen LogP contribution in [0.1, 0.15) is 30.6 Å². The van der Waals surface area contributed by atoms with Crippen molar-refractivity contribution in [3.05, 3.63) is 23.3 Å². The average Bonchev–Trinajstić information content (AvgIpc) is 2.62. The molecule has 0 aliphatic heterocycles. The van der Waals surface area contributed by atoms with Crippen LogP contribution in [0.15, 0.2) is 6.07 Å². The van der Waals surface area contributed by atoms with Crippen LogP contribution in [0.2, 0.25) is 0 Å². The zero-order chi connectivity index (χ0) is 14.7. The van der Waals surface area contributed by atoms with Gasteiger partial charge in [0, 0.05) is 19.7 Å². The van der Waals surface area contributed by atoms with Crippen molar-refractivity contribution in [3.63, 3.8) is 0 Å². The number of hydrogen-bond donors (Lipinski definition) is 1. The zero-order valence-electron chi connectivity index (χ0n) is 12.7. The lowest BCUT2D eigenvalue weighted by Gasteiger charge is -2.09. The number of nitrogens with zero attached hydrogens (tertiary/aromatic N) is 4. The van der Waals surface area contributed by atoms with Crippen molar-refractivity contribution in [1.29, 1.82) is 0 Å². The smallest absolute Gasteiger partial charge is 0.224 e. The third-order valence-corrected chi connectivity index (χ3v) is 3.02. The minimum atomic E-state index is 0.537. The minimum Gasteiger partial charge on any atom is -0.435 e. The number of anilines is 1. The van der Waals surface area contributed by atoms with E-state index in [0.29, 0.717) is 11.7 Å². The summed E-state index contributed by atoms with van der Waals surface area (Å²) < 4.78 is 7.69. The van der Waals surface area contributed by atoms with Crippen molar-refractivity contribution >= 4 is 5.82 Å². The molecule has 0 spiro atoms. The summed E-state index contributed by atoms with van der Waals surface area (Å²) in [7, 11) is 1.90. The molecule has 0 saturated carbocycles. The summed E-state index contributed by atoms with van der Waals surface area (Å²) in [5.41, 5.74) is 1.83. The lowest BCUT2D eigenvalue weighted by atomic mass is 10.3. The third kappa shape index (κ3) is 3.07. The fourth-order valence-corrected chi connectivity index (χ4v) is 1.94. The van der Waals surface area contributed by atoms with Gasteiger partial charge in [0.05, 0.1) is 5.69 Å². The molecule has 6 heteroatoms. The molecule has 0 fully saturated rings. The second-order valence-corrected chi connectivity index (χ2v) is 4.79. The van der Waals surface area contributed by atoms with Gasteiger partial charge in [-0.3, -0.25) is 4.68 Å². The van der Waals surface area contributed by atoms with Gasteiger partial charge >= 0.3 is 0 Å². The van der Waals surface area contributed by atoms with Crippen molar-refractivity contribution in [2.75, 3.05) is 11.9 Å². The molecular formula is C14H21N5O. The molecule has 0 aromatic carbocycles. The number of nitrogens with one attached hydrogen (secondary N) is 1. The third-order valence-electron chi connectivity index (χ3n) is 3.02. The van der Waals surface area contributed by atoms with E-state index in [4.69, 9.17) is 4.74 Å². The van der Waals surface area contributed by atoms with Crippen molar-refractivity contribution < 1.29 is 4.74 Å². The Hall–Kier alpha value is -2.11. The summed E-state index contributed by atoms with van der Waals surface area (Å²) in [5, 5.41) is 7.58. The lowest BCUT2D eigenvalue weighted by molar-refractivity contribution is 0.452. The van der Waals surface area contributed by atoms with Crippen molar-refractivity contribution in [2.45, 2.75) is 34.1 Å². The molecule has 0 aliphatic carbocycles. The highest BCUT2D eigenvalue weighted by Crippen LogP contribution is 2.27. The first-order valence-corrected chi connectivity index (χ1v) is 6.79. The highest BCUT2D eigenvalue weighted by atomic mass is 16.5. The number of ether oxygens (including phenoxy) is 1. The van der Waals surface area contributed by atoms with Crippen LogP contribution in [0.3, 0.4) is 0 Å². The lowest BCUT2D eigenvalue weighted by Crippen LogP contribution is -2.04. The van der Waals surface area contributed by atoms with E-state index in [-0.39, 0.29) is 0 Å². The fraction of sp³-hybridized carbons (Fsp3) is 0.500. The van der Waals surface area contributed by atoms with Crippen LogP contribution >= 0.6 is 0 Å². The minimum absolute atomic E-state index is 0.537. The predicted octanol–water partition coefficient (Wildman–Crippen LogP) is 2.75. The van der Waals surface area contributed by atoms with Gasteiger partial charge in [-0.1, -0.05) is 6.92 Å². The molecule has 0 saturated heterocycles. The molecule has 0 bridgehead atoms. The van der Waals surface area contributed by atoms with Gasteiger partial charge in [0.2, 0.25) is 5.88 Å². The van der Waals surface area contributed by atoms with Crippen LogP contribution in [-0.4, -0.2) is 26.3 Å². The van der Waals surface area contributed by atoms with E-state index in [2.05, 4.69) is 27.3 Å². The van der Waals surface area contributed by atoms with Gasteiger partial charge in [-0.15, -0.1) is 0 Å². The van der Waals surface area contributed by atoms with Crippen LogP contribution in [-0.2, 0) is 7.05 Å². The van der Waals surface area contributed by atoms with Gasteiger partial charge < -0.3 is 10.1 Å². The van der Waals surface area contributed by atoms with Crippen LogP contribution in [0.25, 0.3) is 0 Å². The largest absolute Gasteiger partial charge is 0.435 e. The average molecular weight is 275 g/mol. The molecular weight excluding hydrogens is 254 g/mol. The van der Waals surface area contributed by atoms with Gasteiger partial charge in [-0.25, -0.2) is 4.98 Å². The van der Waals surface area contributed by atoms with E-state index in [9.17, 15) is 0 Å². The second kappa shape index (κ2) is 5.90. The first-order chi connectivity index (χ1) is 9.51. The van der Waals surface area contributed by atoms with Gasteiger partial charge in [0.1, 0.15) is 17.3 Å². The van der Waals surface area contributed by atoms with E-state index < -0.39 is 0 Å². The summed E-state index contributed by atoms with van der Waals surface area (Å²) in [6, 6.07) is 1.81.